The maximum Gasteiger partial charge on any atom is 0.109 e. The molecule has 0 aromatic carbocycles. The van der Waals surface area contributed by atoms with E-state index in [9.17, 15) is 10.2 Å². The summed E-state index contributed by atoms with van der Waals surface area (Å²) < 4.78 is 5.16. The first-order valence-electron chi connectivity index (χ1n) is 3.77. The van der Waals surface area contributed by atoms with Crippen LogP contribution in [-0.4, -0.2) is 46.3 Å². The maximum absolute atomic E-state index is 9.22. The second-order valence-corrected chi connectivity index (χ2v) is 2.96. The molecule has 4 heteroatoms. The number of aliphatic hydroxyl groups is 3. The molecule has 0 radical (unpaired) electrons. The van der Waals surface area contributed by atoms with Crippen LogP contribution < -0.4 is 0 Å². The van der Waals surface area contributed by atoms with Gasteiger partial charge in [0, 0.05) is 6.42 Å². The lowest BCUT2D eigenvalue weighted by atomic mass is 9.99. The van der Waals surface area contributed by atoms with Gasteiger partial charge in [-0.25, -0.2) is 0 Å². The molecule has 4 atom stereocenters. The second kappa shape index (κ2) is 3.49. The summed E-state index contributed by atoms with van der Waals surface area (Å²) >= 11 is 0. The smallest absolute Gasteiger partial charge is 0.109 e. The molecule has 1 rings (SSSR count). The van der Waals surface area contributed by atoms with Crippen LogP contribution in [0, 0.1) is 0 Å². The van der Waals surface area contributed by atoms with E-state index in [4.69, 9.17) is 9.84 Å². The zero-order chi connectivity index (χ0) is 8.43. The molecule has 1 aliphatic rings. The van der Waals surface area contributed by atoms with Crippen molar-refractivity contribution in [3.05, 3.63) is 0 Å². The van der Waals surface area contributed by atoms with Crippen LogP contribution in [0.5, 0.6) is 0 Å². The largest absolute Gasteiger partial charge is 0.394 e. The topological polar surface area (TPSA) is 69.9 Å². The zero-order valence-electron chi connectivity index (χ0n) is 6.47. The Morgan fingerprint density at radius 3 is 2.64 bits per heavy atom. The van der Waals surface area contributed by atoms with Crippen LogP contribution in [0.3, 0.4) is 0 Å². The van der Waals surface area contributed by atoms with Gasteiger partial charge in [0.1, 0.15) is 12.2 Å². The van der Waals surface area contributed by atoms with E-state index in [1.807, 2.05) is 0 Å². The Hall–Kier alpha value is -0.160. The van der Waals surface area contributed by atoms with Crippen molar-refractivity contribution < 1.29 is 20.1 Å². The predicted molar refractivity (Wildman–Crippen MR) is 38.1 cm³/mol. The third kappa shape index (κ3) is 1.90. The Balaban J connectivity index is 2.51. The Labute approximate surface area is 65.4 Å². The van der Waals surface area contributed by atoms with Crippen LogP contribution in [0.25, 0.3) is 0 Å². The minimum Gasteiger partial charge on any atom is -0.394 e. The molecule has 0 saturated carbocycles. The molecule has 1 fully saturated rings. The van der Waals surface area contributed by atoms with Crippen LogP contribution >= 0.6 is 0 Å². The van der Waals surface area contributed by atoms with Gasteiger partial charge in [0.2, 0.25) is 0 Å². The van der Waals surface area contributed by atoms with Gasteiger partial charge in [-0.1, -0.05) is 0 Å². The maximum atomic E-state index is 9.22. The van der Waals surface area contributed by atoms with Gasteiger partial charge in [0.15, 0.2) is 0 Å². The second-order valence-electron chi connectivity index (χ2n) is 2.96. The molecule has 11 heavy (non-hydrogen) atoms. The van der Waals surface area contributed by atoms with Gasteiger partial charge in [-0.2, -0.15) is 0 Å². The lowest BCUT2D eigenvalue weighted by Gasteiger charge is -2.34. The quantitative estimate of drug-likeness (QED) is 0.456. The lowest BCUT2D eigenvalue weighted by molar-refractivity contribution is -0.174. The fourth-order valence-electron chi connectivity index (χ4n) is 1.31. The molecule has 4 nitrogen and oxygen atoms in total. The van der Waals surface area contributed by atoms with Gasteiger partial charge in [0.05, 0.1) is 18.8 Å². The Kier molecular flexibility index (Phi) is 2.84. The Morgan fingerprint density at radius 2 is 2.09 bits per heavy atom. The third-order valence-corrected chi connectivity index (χ3v) is 1.94. The van der Waals surface area contributed by atoms with Crippen LogP contribution in [0.1, 0.15) is 13.3 Å². The average molecular weight is 162 g/mol. The summed E-state index contributed by atoms with van der Waals surface area (Å²) in [5.41, 5.74) is 0. The summed E-state index contributed by atoms with van der Waals surface area (Å²) in [6.07, 6.45) is -2.01. The van der Waals surface area contributed by atoms with Gasteiger partial charge in [-0.15, -0.1) is 0 Å². The Bertz CT molecular complexity index is 128. The summed E-state index contributed by atoms with van der Waals surface area (Å²) in [4.78, 5) is 0. The van der Waals surface area contributed by atoms with Gasteiger partial charge in [-0.3, -0.25) is 0 Å². The molecule has 0 aliphatic carbocycles. The summed E-state index contributed by atoms with van der Waals surface area (Å²) in [5, 5.41) is 27.1. The highest BCUT2D eigenvalue weighted by molar-refractivity contribution is 4.83. The molecular weight excluding hydrogens is 148 g/mol. The molecular formula is C7H14O4. The van der Waals surface area contributed by atoms with Gasteiger partial charge < -0.3 is 20.1 Å². The summed E-state index contributed by atoms with van der Waals surface area (Å²) in [5.74, 6) is 0. The number of ether oxygens (including phenoxy) is 1. The van der Waals surface area contributed by atoms with Gasteiger partial charge >= 0.3 is 0 Å². The van der Waals surface area contributed by atoms with Crippen LogP contribution in [0.15, 0.2) is 0 Å². The van der Waals surface area contributed by atoms with E-state index < -0.39 is 18.3 Å². The summed E-state index contributed by atoms with van der Waals surface area (Å²) in [7, 11) is 0. The highest BCUT2D eigenvalue weighted by Crippen LogP contribution is 2.19. The minimum absolute atomic E-state index is 0.0921. The van der Waals surface area contributed by atoms with Crippen molar-refractivity contribution in [1.29, 1.82) is 0 Å². The molecule has 3 N–H and O–H groups in total. The van der Waals surface area contributed by atoms with Crippen molar-refractivity contribution in [2.45, 2.75) is 37.8 Å². The molecule has 0 bridgehead atoms. The van der Waals surface area contributed by atoms with Crippen LogP contribution in [0.2, 0.25) is 0 Å². The SMILES string of the molecule is C[C@H]1C[C@@H](O)[C@H](O)[C@@H](CO)O1. The molecule has 1 aliphatic heterocycles. The van der Waals surface area contributed by atoms with Gasteiger partial charge in [0.25, 0.3) is 0 Å². The van der Waals surface area contributed by atoms with Crippen molar-refractivity contribution in [3.63, 3.8) is 0 Å². The molecule has 1 heterocycles. The number of hydrogen-bond acceptors (Lipinski definition) is 4. The predicted octanol–water partition coefficient (Wildman–Crippen LogP) is -1.12. The highest BCUT2D eigenvalue weighted by atomic mass is 16.5. The molecule has 0 unspecified atom stereocenters. The van der Waals surface area contributed by atoms with Crippen LogP contribution in [-0.2, 0) is 4.74 Å². The molecule has 0 amide bonds. The van der Waals surface area contributed by atoms with Crippen molar-refractivity contribution in [3.8, 4) is 0 Å². The van der Waals surface area contributed by atoms with E-state index >= 15 is 0 Å². The fraction of sp³-hybridized carbons (Fsp3) is 1.00. The molecule has 0 aromatic rings. The van der Waals surface area contributed by atoms with E-state index in [1.54, 1.807) is 6.92 Å². The van der Waals surface area contributed by atoms with Crippen LogP contribution in [0.4, 0.5) is 0 Å². The first kappa shape index (κ1) is 8.93. The van der Waals surface area contributed by atoms with Crippen molar-refractivity contribution in [1.82, 2.24) is 0 Å². The van der Waals surface area contributed by atoms with E-state index in [0.29, 0.717) is 6.42 Å². The van der Waals surface area contributed by atoms with Crippen molar-refractivity contribution in [2.75, 3.05) is 6.61 Å². The van der Waals surface area contributed by atoms with Crippen molar-refractivity contribution in [2.24, 2.45) is 0 Å². The minimum atomic E-state index is -0.948. The molecule has 1 saturated heterocycles. The Morgan fingerprint density at radius 1 is 1.45 bits per heavy atom. The third-order valence-electron chi connectivity index (χ3n) is 1.94. The standard InChI is InChI=1S/C7H14O4/c1-4-2-5(9)7(10)6(3-8)11-4/h4-10H,2-3H2,1H3/t4-,5+,6+,7-/m0/s1. The molecule has 0 aromatic heterocycles. The number of aliphatic hydroxyl groups excluding tert-OH is 3. The normalized spacial score (nSPS) is 45.8. The summed E-state index contributed by atoms with van der Waals surface area (Å²) in [6, 6.07) is 0. The zero-order valence-corrected chi connectivity index (χ0v) is 6.47. The van der Waals surface area contributed by atoms with E-state index in [1.165, 1.54) is 0 Å². The number of rotatable bonds is 1. The summed E-state index contributed by atoms with van der Waals surface area (Å²) in [6.45, 7) is 1.56. The van der Waals surface area contributed by atoms with Crippen molar-refractivity contribution >= 4 is 0 Å². The van der Waals surface area contributed by atoms with E-state index in [2.05, 4.69) is 0 Å². The highest BCUT2D eigenvalue weighted by Gasteiger charge is 2.34. The fourth-order valence-corrected chi connectivity index (χ4v) is 1.31. The van der Waals surface area contributed by atoms with E-state index in [-0.39, 0.29) is 12.7 Å². The molecule has 66 valence electrons. The first-order chi connectivity index (χ1) is 5.15. The monoisotopic (exact) mass is 162 g/mol. The molecule has 0 spiro atoms. The number of hydrogen-bond donors (Lipinski definition) is 3. The average Bonchev–Trinajstić information content (AvgIpc) is 1.96. The lowest BCUT2D eigenvalue weighted by Crippen LogP contribution is -2.49. The van der Waals surface area contributed by atoms with E-state index in [0.717, 1.165) is 0 Å². The first-order valence-corrected chi connectivity index (χ1v) is 3.77. The van der Waals surface area contributed by atoms with Gasteiger partial charge in [-0.05, 0) is 6.92 Å².